The Kier molecular flexibility index (Phi) is 6.01. The highest BCUT2D eigenvalue weighted by atomic mass is 35.5. The van der Waals surface area contributed by atoms with E-state index < -0.39 is 0 Å². The van der Waals surface area contributed by atoms with Crippen molar-refractivity contribution in [1.29, 1.82) is 0 Å². The Morgan fingerprint density at radius 2 is 2.12 bits per heavy atom. The highest BCUT2D eigenvalue weighted by molar-refractivity contribution is 6.35. The van der Waals surface area contributed by atoms with Gasteiger partial charge in [0.2, 0.25) is 0 Å². The SMILES string of the molecule is NC(CCl)=NCCCc1nn(CC2CCCC2)c2c(Cl)cccc12. The standard InChI is InChI=1S/C18H24Cl2N4/c19-11-17(21)22-10-4-9-16-14-7-3-8-15(20)18(14)24(23-16)12-13-5-1-2-6-13/h3,7-8,13H,1-2,4-6,9-12H2,(H2,21,22). The Morgan fingerprint density at radius 3 is 2.88 bits per heavy atom. The van der Waals surface area contributed by atoms with Gasteiger partial charge in [0.15, 0.2) is 0 Å². The van der Waals surface area contributed by atoms with Gasteiger partial charge in [-0.2, -0.15) is 5.10 Å². The van der Waals surface area contributed by atoms with Crippen molar-refractivity contribution in [3.8, 4) is 0 Å². The van der Waals surface area contributed by atoms with Gasteiger partial charge in [0, 0.05) is 18.5 Å². The van der Waals surface area contributed by atoms with Crippen LogP contribution in [0, 0.1) is 5.92 Å². The van der Waals surface area contributed by atoms with Crippen molar-refractivity contribution in [3.63, 3.8) is 0 Å². The number of aromatic nitrogens is 2. The van der Waals surface area contributed by atoms with E-state index in [9.17, 15) is 0 Å². The summed E-state index contributed by atoms with van der Waals surface area (Å²) in [7, 11) is 0. The molecule has 1 aliphatic carbocycles. The second kappa shape index (κ2) is 8.21. The number of aliphatic imine (C=N–C) groups is 1. The molecule has 6 heteroatoms. The molecule has 0 aliphatic heterocycles. The largest absolute Gasteiger partial charge is 0.386 e. The molecule has 1 heterocycles. The molecule has 0 saturated heterocycles. The van der Waals surface area contributed by atoms with E-state index in [-0.39, 0.29) is 5.88 Å². The average Bonchev–Trinajstić information content (AvgIpc) is 3.21. The highest BCUT2D eigenvalue weighted by Gasteiger charge is 2.19. The first-order chi connectivity index (χ1) is 11.7. The van der Waals surface area contributed by atoms with Gasteiger partial charge in [0.05, 0.1) is 22.1 Å². The molecule has 1 fully saturated rings. The Morgan fingerprint density at radius 1 is 1.33 bits per heavy atom. The molecule has 3 rings (SSSR count). The summed E-state index contributed by atoms with van der Waals surface area (Å²) < 4.78 is 2.12. The predicted molar refractivity (Wildman–Crippen MR) is 102 cm³/mol. The van der Waals surface area contributed by atoms with Crippen molar-refractivity contribution >= 4 is 39.9 Å². The number of halogens is 2. The molecular formula is C18H24Cl2N4. The number of rotatable bonds is 7. The Bertz CT molecular complexity index is 717. The number of para-hydroxylation sites is 1. The van der Waals surface area contributed by atoms with Gasteiger partial charge < -0.3 is 5.73 Å². The summed E-state index contributed by atoms with van der Waals surface area (Å²) in [5, 5.41) is 6.82. The zero-order valence-corrected chi connectivity index (χ0v) is 15.4. The van der Waals surface area contributed by atoms with Crippen LogP contribution < -0.4 is 5.73 Å². The monoisotopic (exact) mass is 366 g/mol. The van der Waals surface area contributed by atoms with Gasteiger partial charge in [-0.15, -0.1) is 11.6 Å². The van der Waals surface area contributed by atoms with Crippen LogP contribution in [-0.2, 0) is 13.0 Å². The van der Waals surface area contributed by atoms with Gasteiger partial charge in [-0.05, 0) is 37.7 Å². The lowest BCUT2D eigenvalue weighted by Crippen LogP contribution is -2.13. The Balaban J connectivity index is 1.78. The number of fused-ring (bicyclic) bond motifs is 1. The molecule has 0 atom stereocenters. The van der Waals surface area contributed by atoms with Crippen LogP contribution in [0.2, 0.25) is 5.02 Å². The van der Waals surface area contributed by atoms with Gasteiger partial charge in [-0.1, -0.05) is 36.6 Å². The van der Waals surface area contributed by atoms with Gasteiger partial charge in [-0.3, -0.25) is 9.67 Å². The van der Waals surface area contributed by atoms with E-state index in [1.54, 1.807) is 0 Å². The van der Waals surface area contributed by atoms with Crippen LogP contribution in [0.3, 0.4) is 0 Å². The third kappa shape index (κ3) is 4.04. The maximum Gasteiger partial charge on any atom is 0.109 e. The lowest BCUT2D eigenvalue weighted by atomic mass is 10.1. The zero-order chi connectivity index (χ0) is 16.9. The summed E-state index contributed by atoms with van der Waals surface area (Å²) in [4.78, 5) is 4.25. The Labute approximate surface area is 153 Å². The van der Waals surface area contributed by atoms with Crippen LogP contribution in [0.5, 0.6) is 0 Å². The fourth-order valence-corrected chi connectivity index (χ4v) is 3.88. The number of hydrogen-bond acceptors (Lipinski definition) is 2. The number of nitrogens with two attached hydrogens (primary N) is 1. The van der Waals surface area contributed by atoms with Gasteiger partial charge in [-0.25, -0.2) is 0 Å². The molecule has 0 unspecified atom stereocenters. The summed E-state index contributed by atoms with van der Waals surface area (Å²) in [5.41, 5.74) is 7.82. The van der Waals surface area contributed by atoms with Crippen LogP contribution in [0.1, 0.15) is 37.8 Å². The average molecular weight is 367 g/mol. The molecule has 1 saturated carbocycles. The number of amidine groups is 1. The summed E-state index contributed by atoms with van der Waals surface area (Å²) in [6.45, 7) is 1.65. The molecular weight excluding hydrogens is 343 g/mol. The number of benzene rings is 1. The van der Waals surface area contributed by atoms with Crippen molar-refractivity contribution in [1.82, 2.24) is 9.78 Å². The molecule has 0 amide bonds. The third-order valence-electron chi connectivity index (χ3n) is 4.73. The predicted octanol–water partition coefficient (Wildman–Crippen LogP) is 4.41. The Hall–Kier alpha value is -1.26. The molecule has 1 aromatic carbocycles. The molecule has 1 aliphatic rings. The first-order valence-electron chi connectivity index (χ1n) is 8.67. The molecule has 1 aromatic heterocycles. The maximum atomic E-state index is 6.47. The molecule has 0 radical (unpaired) electrons. The summed E-state index contributed by atoms with van der Waals surface area (Å²) >= 11 is 12.1. The minimum Gasteiger partial charge on any atom is -0.386 e. The lowest BCUT2D eigenvalue weighted by molar-refractivity contribution is 0.435. The second-order valence-corrected chi connectivity index (χ2v) is 7.20. The van der Waals surface area contributed by atoms with E-state index in [4.69, 9.17) is 34.0 Å². The lowest BCUT2D eigenvalue weighted by Gasteiger charge is -2.10. The molecule has 0 spiro atoms. The summed E-state index contributed by atoms with van der Waals surface area (Å²) in [6, 6.07) is 6.07. The maximum absolute atomic E-state index is 6.47. The van der Waals surface area contributed by atoms with Gasteiger partial charge in [0.25, 0.3) is 0 Å². The first-order valence-corrected chi connectivity index (χ1v) is 9.59. The molecule has 2 N–H and O–H groups in total. The second-order valence-electron chi connectivity index (χ2n) is 6.53. The van der Waals surface area contributed by atoms with E-state index in [1.165, 1.54) is 25.7 Å². The highest BCUT2D eigenvalue weighted by Crippen LogP contribution is 2.31. The van der Waals surface area contributed by atoms with E-state index in [0.29, 0.717) is 12.4 Å². The minimum absolute atomic E-state index is 0.286. The zero-order valence-electron chi connectivity index (χ0n) is 13.8. The van der Waals surface area contributed by atoms with Gasteiger partial charge in [0.1, 0.15) is 5.84 Å². The smallest absolute Gasteiger partial charge is 0.109 e. The minimum atomic E-state index is 0.286. The van der Waals surface area contributed by atoms with Crippen LogP contribution in [0.4, 0.5) is 0 Å². The third-order valence-corrected chi connectivity index (χ3v) is 5.31. The fourth-order valence-electron chi connectivity index (χ4n) is 3.53. The van der Waals surface area contributed by atoms with E-state index in [1.807, 2.05) is 12.1 Å². The van der Waals surface area contributed by atoms with Crippen LogP contribution in [0.15, 0.2) is 23.2 Å². The molecule has 130 valence electrons. The van der Waals surface area contributed by atoms with Gasteiger partial charge >= 0.3 is 0 Å². The molecule has 4 nitrogen and oxygen atoms in total. The van der Waals surface area contributed by atoms with Crippen LogP contribution in [-0.4, -0.2) is 28.0 Å². The van der Waals surface area contributed by atoms with Crippen LogP contribution >= 0.6 is 23.2 Å². The summed E-state index contributed by atoms with van der Waals surface area (Å²) in [5.74, 6) is 1.51. The summed E-state index contributed by atoms with van der Waals surface area (Å²) in [6.07, 6.45) is 7.04. The molecule has 24 heavy (non-hydrogen) atoms. The van der Waals surface area contributed by atoms with Crippen molar-refractivity contribution in [2.45, 2.75) is 45.1 Å². The van der Waals surface area contributed by atoms with E-state index >= 15 is 0 Å². The number of nitrogens with zero attached hydrogens (tertiary/aromatic N) is 3. The molecule has 0 bridgehead atoms. The van der Waals surface area contributed by atoms with E-state index in [0.717, 1.165) is 46.9 Å². The quantitative estimate of drug-likeness (QED) is 0.341. The van der Waals surface area contributed by atoms with Crippen molar-refractivity contribution < 1.29 is 0 Å². The molecule has 2 aromatic rings. The normalized spacial score (nSPS) is 16.3. The number of hydrogen-bond donors (Lipinski definition) is 1. The van der Waals surface area contributed by atoms with Crippen LogP contribution in [0.25, 0.3) is 10.9 Å². The fraction of sp³-hybridized carbons (Fsp3) is 0.556. The van der Waals surface area contributed by atoms with Crippen molar-refractivity contribution in [2.24, 2.45) is 16.6 Å². The van der Waals surface area contributed by atoms with Crippen molar-refractivity contribution in [2.75, 3.05) is 12.4 Å². The first kappa shape index (κ1) is 17.6. The van der Waals surface area contributed by atoms with Crippen molar-refractivity contribution in [3.05, 3.63) is 28.9 Å². The number of alkyl halides is 1. The van der Waals surface area contributed by atoms with E-state index in [2.05, 4.69) is 15.7 Å². The number of aryl methyl sites for hydroxylation is 1. The topological polar surface area (TPSA) is 56.2 Å².